The van der Waals surface area contributed by atoms with E-state index in [1.807, 2.05) is 74.3 Å². The lowest BCUT2D eigenvalue weighted by Gasteiger charge is -2.29. The molecule has 0 fully saturated rings. The molecule has 0 saturated heterocycles. The summed E-state index contributed by atoms with van der Waals surface area (Å²) < 4.78 is 43.5. The lowest BCUT2D eigenvalue weighted by molar-refractivity contribution is -0.192. The first-order valence-electron chi connectivity index (χ1n) is 13.8. The molecule has 44 heavy (non-hydrogen) atoms. The number of carbonyl (C=O) groups excluding carboxylic acids is 1. The zero-order valence-electron chi connectivity index (χ0n) is 24.7. The minimum atomic E-state index is -5.08. The van der Waals surface area contributed by atoms with Crippen molar-refractivity contribution < 1.29 is 37.3 Å². The Balaban J connectivity index is 0.000000676. The number of fused-ring (bicyclic) bond motifs is 1. The molecule has 1 aliphatic heterocycles. The molecule has 6 N–H and O–H groups in total. The summed E-state index contributed by atoms with van der Waals surface area (Å²) in [5.41, 5.74) is 13.0. The van der Waals surface area contributed by atoms with Gasteiger partial charge < -0.3 is 25.6 Å². The summed E-state index contributed by atoms with van der Waals surface area (Å²) in [5.74, 6) is -1.76. The molecule has 4 rings (SSSR count). The van der Waals surface area contributed by atoms with E-state index in [9.17, 15) is 18.0 Å². The van der Waals surface area contributed by atoms with Crippen LogP contribution < -0.4 is 31.0 Å². The van der Waals surface area contributed by atoms with Gasteiger partial charge in [-0.2, -0.15) is 13.2 Å². The fourth-order valence-electron chi connectivity index (χ4n) is 4.46. The lowest BCUT2D eigenvalue weighted by Crippen LogP contribution is -2.48. The third kappa shape index (κ3) is 8.79. The largest absolute Gasteiger partial charge is 0.490 e. The molecule has 1 heterocycles. The van der Waals surface area contributed by atoms with Crippen molar-refractivity contribution in [2.75, 3.05) is 16.9 Å². The number of nitrogens with zero attached hydrogens (tertiary/aromatic N) is 1. The zero-order chi connectivity index (χ0) is 32.6. The molecule has 0 radical (unpaired) electrons. The van der Waals surface area contributed by atoms with Crippen LogP contribution in [-0.4, -0.2) is 47.7 Å². The second-order valence-electron chi connectivity index (χ2n) is 10.2. The highest BCUT2D eigenvalue weighted by Gasteiger charge is 2.38. The van der Waals surface area contributed by atoms with E-state index in [0.29, 0.717) is 23.7 Å². The highest BCUT2D eigenvalue weighted by molar-refractivity contribution is 5.95. The molecule has 10 nitrogen and oxygen atoms in total. The number of carbonyl (C=O) groups is 2. The lowest BCUT2D eigenvalue weighted by atomic mass is 10.0. The number of ether oxygens (including phenoxy) is 2. The highest BCUT2D eigenvalue weighted by Crippen LogP contribution is 2.34. The first kappa shape index (κ1) is 33.6. The number of rotatable bonds is 10. The number of benzene rings is 3. The van der Waals surface area contributed by atoms with E-state index in [-0.39, 0.29) is 23.9 Å². The van der Waals surface area contributed by atoms with Gasteiger partial charge in [0, 0.05) is 11.3 Å². The van der Waals surface area contributed by atoms with Gasteiger partial charge in [0.25, 0.3) is 5.91 Å². The summed E-state index contributed by atoms with van der Waals surface area (Å²) >= 11 is 0. The van der Waals surface area contributed by atoms with Gasteiger partial charge in [-0.3, -0.25) is 20.6 Å². The van der Waals surface area contributed by atoms with Gasteiger partial charge in [-0.25, -0.2) is 4.79 Å². The topological polar surface area (TPSA) is 150 Å². The first-order valence-corrected chi connectivity index (χ1v) is 13.8. The number of anilines is 2. The number of hydrogen-bond acceptors (Lipinski definition) is 7. The molecule has 1 aliphatic rings. The van der Waals surface area contributed by atoms with Gasteiger partial charge in [0.15, 0.2) is 11.5 Å². The molecule has 1 amide bonds. The van der Waals surface area contributed by atoms with Crippen LogP contribution in [0.15, 0.2) is 66.7 Å². The number of nitrogen functional groups attached to an aromatic ring is 1. The number of para-hydroxylation sites is 1. The monoisotopic (exact) mass is 615 g/mol. The van der Waals surface area contributed by atoms with Crippen LogP contribution in [0.25, 0.3) is 0 Å². The molecule has 2 unspecified atom stereocenters. The summed E-state index contributed by atoms with van der Waals surface area (Å²) in [6, 6.07) is 20.2. The number of aliphatic carboxylic acids is 1. The summed E-state index contributed by atoms with van der Waals surface area (Å²) in [6.45, 7) is 8.39. The average Bonchev–Trinajstić information content (AvgIpc) is 3.27. The molecule has 0 aliphatic carbocycles. The molecular weight excluding hydrogens is 579 g/mol. The molecule has 0 aromatic heterocycles. The number of carboxylic acid groups (broad SMARTS) is 1. The van der Waals surface area contributed by atoms with Crippen LogP contribution in [0.2, 0.25) is 0 Å². The van der Waals surface area contributed by atoms with E-state index < -0.39 is 18.2 Å². The van der Waals surface area contributed by atoms with Crippen molar-refractivity contribution in [3.8, 4) is 11.5 Å². The van der Waals surface area contributed by atoms with Crippen LogP contribution in [0.3, 0.4) is 0 Å². The number of nitrogens with two attached hydrogens (primary N) is 1. The number of alkyl halides is 3. The van der Waals surface area contributed by atoms with E-state index in [4.69, 9.17) is 30.5 Å². The SMILES string of the molecule is CCOc1cc(C(Nc2ccc(C(=N)N)cc2)C(=O)NN2c3ccccc3CC2C)ccc1OC(C)C.O=C(O)C(F)(F)F. The third-order valence-corrected chi connectivity index (χ3v) is 6.41. The molecule has 0 spiro atoms. The van der Waals surface area contributed by atoms with Crippen LogP contribution in [0, 0.1) is 5.41 Å². The van der Waals surface area contributed by atoms with E-state index >= 15 is 0 Å². The predicted octanol–water partition coefficient (Wildman–Crippen LogP) is 5.43. The Morgan fingerprint density at radius 1 is 1.09 bits per heavy atom. The summed E-state index contributed by atoms with van der Waals surface area (Å²) in [7, 11) is 0. The predicted molar refractivity (Wildman–Crippen MR) is 161 cm³/mol. The van der Waals surface area contributed by atoms with Gasteiger partial charge in [-0.1, -0.05) is 24.3 Å². The van der Waals surface area contributed by atoms with Crippen molar-refractivity contribution in [2.24, 2.45) is 5.73 Å². The molecule has 236 valence electrons. The number of amidine groups is 1. The standard InChI is InChI=1S/C29H35N5O3.C2HF3O2/c1-5-36-26-17-22(12-15-25(26)37-18(2)3)27(32-23-13-10-20(11-14-23)28(30)31)29(35)33-34-19(4)16-21-8-6-7-9-24(21)34;3-2(4,5)1(6)7/h6-15,17-19,27,32H,5,16H2,1-4H3,(H3,30,31)(H,33,35);(H,6,7). The van der Waals surface area contributed by atoms with Crippen molar-refractivity contribution in [1.29, 1.82) is 5.41 Å². The van der Waals surface area contributed by atoms with Gasteiger partial charge in [-0.15, -0.1) is 0 Å². The molecule has 0 saturated carbocycles. The van der Waals surface area contributed by atoms with Gasteiger partial charge in [-0.05, 0) is 87.7 Å². The van der Waals surface area contributed by atoms with Crippen molar-refractivity contribution in [3.63, 3.8) is 0 Å². The number of nitrogens with one attached hydrogen (secondary N) is 3. The molecule has 13 heteroatoms. The number of hydrogen-bond donors (Lipinski definition) is 5. The maximum atomic E-state index is 13.8. The van der Waals surface area contributed by atoms with Crippen molar-refractivity contribution in [1.82, 2.24) is 5.43 Å². The Morgan fingerprint density at radius 2 is 1.73 bits per heavy atom. The summed E-state index contributed by atoms with van der Waals surface area (Å²) in [4.78, 5) is 22.7. The summed E-state index contributed by atoms with van der Waals surface area (Å²) in [6.07, 6.45) is -4.24. The van der Waals surface area contributed by atoms with E-state index in [2.05, 4.69) is 23.7 Å². The number of amides is 1. The van der Waals surface area contributed by atoms with Crippen LogP contribution in [-0.2, 0) is 16.0 Å². The van der Waals surface area contributed by atoms with E-state index in [1.54, 1.807) is 12.1 Å². The van der Waals surface area contributed by atoms with Gasteiger partial charge >= 0.3 is 12.1 Å². The fraction of sp³-hybridized carbons (Fsp3) is 0.323. The van der Waals surface area contributed by atoms with Gasteiger partial charge in [0.1, 0.15) is 11.9 Å². The molecule has 3 aromatic rings. The summed E-state index contributed by atoms with van der Waals surface area (Å²) in [5, 5.41) is 20.1. The third-order valence-electron chi connectivity index (χ3n) is 6.41. The van der Waals surface area contributed by atoms with E-state index in [1.165, 1.54) is 5.56 Å². The minimum Gasteiger partial charge on any atom is -0.490 e. The Hall–Kier alpha value is -4.94. The van der Waals surface area contributed by atoms with Crippen LogP contribution in [0.1, 0.15) is 50.4 Å². The normalized spacial score (nSPS) is 14.5. The fourth-order valence-corrected chi connectivity index (χ4v) is 4.46. The van der Waals surface area contributed by atoms with Crippen LogP contribution in [0.5, 0.6) is 11.5 Å². The minimum absolute atomic E-state index is 0.00960. The molecule has 0 bridgehead atoms. The Bertz CT molecular complexity index is 1460. The average molecular weight is 616 g/mol. The van der Waals surface area contributed by atoms with Crippen molar-refractivity contribution in [3.05, 3.63) is 83.4 Å². The first-order chi connectivity index (χ1) is 20.7. The molecule has 3 aromatic carbocycles. The zero-order valence-corrected chi connectivity index (χ0v) is 24.7. The van der Waals surface area contributed by atoms with Crippen LogP contribution in [0.4, 0.5) is 24.5 Å². The van der Waals surface area contributed by atoms with Gasteiger partial charge in [0.2, 0.25) is 0 Å². The Kier molecular flexibility index (Phi) is 11.1. The number of carboxylic acids is 1. The smallest absolute Gasteiger partial charge is 0.490 e. The van der Waals surface area contributed by atoms with Crippen LogP contribution >= 0.6 is 0 Å². The number of hydrazine groups is 1. The molecular formula is C31H36F3N5O5. The highest BCUT2D eigenvalue weighted by atomic mass is 19.4. The second-order valence-corrected chi connectivity index (χ2v) is 10.2. The van der Waals surface area contributed by atoms with Crippen molar-refractivity contribution >= 4 is 29.1 Å². The Labute approximate surface area is 253 Å². The van der Waals surface area contributed by atoms with E-state index in [0.717, 1.165) is 23.4 Å². The number of halogens is 3. The Morgan fingerprint density at radius 3 is 2.30 bits per heavy atom. The van der Waals surface area contributed by atoms with Gasteiger partial charge in [0.05, 0.1) is 24.4 Å². The maximum absolute atomic E-state index is 13.8. The quantitative estimate of drug-likeness (QED) is 0.150. The van der Waals surface area contributed by atoms with Crippen molar-refractivity contribution in [2.45, 2.75) is 58.5 Å². The second kappa shape index (κ2) is 14.5. The molecule has 2 atom stereocenters. The maximum Gasteiger partial charge on any atom is 0.490 e.